The minimum atomic E-state index is -0.198. The molecule has 0 bridgehead atoms. The van der Waals surface area contributed by atoms with Crippen molar-refractivity contribution in [1.29, 1.82) is 0 Å². The van der Waals surface area contributed by atoms with E-state index < -0.39 is 0 Å². The number of urea groups is 1. The van der Waals surface area contributed by atoms with Crippen LogP contribution in [0.1, 0.15) is 10.6 Å². The number of rotatable bonds is 4. The number of para-hydroxylation sites is 1. The summed E-state index contributed by atoms with van der Waals surface area (Å²) >= 11 is 0. The molecule has 0 saturated carbocycles. The highest BCUT2D eigenvalue weighted by atomic mass is 16.5. The monoisotopic (exact) mass is 329 g/mol. The standard InChI is InChI=1S/C17H19N3O4/c21-16(15-7-4-12-23-15)19-8-10-20(11-9-19)17(22)18-13-24-14-5-2-1-3-6-14/h1-7,12H,8-11,13H2,(H,18,22). The van der Waals surface area contributed by atoms with Crippen molar-refractivity contribution in [2.45, 2.75) is 0 Å². The number of carbonyl (C=O) groups is 2. The van der Waals surface area contributed by atoms with Gasteiger partial charge in [-0.15, -0.1) is 0 Å². The second-order valence-corrected chi connectivity index (χ2v) is 5.34. The van der Waals surface area contributed by atoms with E-state index in [2.05, 4.69) is 5.32 Å². The molecular weight excluding hydrogens is 310 g/mol. The largest absolute Gasteiger partial charge is 0.473 e. The van der Waals surface area contributed by atoms with E-state index >= 15 is 0 Å². The zero-order chi connectivity index (χ0) is 16.8. The molecule has 1 N–H and O–H groups in total. The topological polar surface area (TPSA) is 75.0 Å². The second-order valence-electron chi connectivity index (χ2n) is 5.34. The molecule has 0 unspecified atom stereocenters. The van der Waals surface area contributed by atoms with Gasteiger partial charge in [0.1, 0.15) is 5.75 Å². The van der Waals surface area contributed by atoms with Crippen LogP contribution < -0.4 is 10.1 Å². The average Bonchev–Trinajstić information content (AvgIpc) is 3.17. The number of nitrogens with zero attached hydrogens (tertiary/aromatic N) is 2. The van der Waals surface area contributed by atoms with Crippen LogP contribution in [0.3, 0.4) is 0 Å². The predicted octanol–water partition coefficient (Wildman–Crippen LogP) is 1.78. The fourth-order valence-electron chi connectivity index (χ4n) is 2.48. The van der Waals surface area contributed by atoms with Crippen molar-refractivity contribution >= 4 is 11.9 Å². The van der Waals surface area contributed by atoms with Gasteiger partial charge in [-0.25, -0.2) is 4.79 Å². The molecule has 1 aromatic carbocycles. The van der Waals surface area contributed by atoms with Crippen molar-refractivity contribution in [3.8, 4) is 5.75 Å². The van der Waals surface area contributed by atoms with E-state index in [-0.39, 0.29) is 18.7 Å². The normalized spacial score (nSPS) is 14.3. The SMILES string of the molecule is O=C(NCOc1ccccc1)N1CCN(C(=O)c2ccco2)CC1. The van der Waals surface area contributed by atoms with Crippen LogP contribution in [-0.4, -0.2) is 54.6 Å². The molecule has 3 rings (SSSR count). The van der Waals surface area contributed by atoms with E-state index in [0.29, 0.717) is 37.7 Å². The molecular formula is C17H19N3O4. The zero-order valence-corrected chi connectivity index (χ0v) is 13.2. The number of hydrogen-bond acceptors (Lipinski definition) is 4. The number of piperazine rings is 1. The first-order valence-corrected chi connectivity index (χ1v) is 7.77. The Kier molecular flexibility index (Phi) is 5.00. The molecule has 0 radical (unpaired) electrons. The van der Waals surface area contributed by atoms with Crippen LogP contribution >= 0.6 is 0 Å². The van der Waals surface area contributed by atoms with Gasteiger partial charge < -0.3 is 24.3 Å². The molecule has 3 amide bonds. The number of carbonyl (C=O) groups excluding carboxylic acids is 2. The third kappa shape index (κ3) is 3.87. The maximum Gasteiger partial charge on any atom is 0.320 e. The van der Waals surface area contributed by atoms with Crippen LogP contribution in [0.25, 0.3) is 0 Å². The molecule has 0 aliphatic carbocycles. The van der Waals surface area contributed by atoms with E-state index in [1.165, 1.54) is 6.26 Å². The van der Waals surface area contributed by atoms with Gasteiger partial charge in [-0.05, 0) is 24.3 Å². The summed E-state index contributed by atoms with van der Waals surface area (Å²) in [6.07, 6.45) is 1.48. The molecule has 7 nitrogen and oxygen atoms in total. The lowest BCUT2D eigenvalue weighted by Gasteiger charge is -2.34. The highest BCUT2D eigenvalue weighted by Crippen LogP contribution is 2.10. The summed E-state index contributed by atoms with van der Waals surface area (Å²) in [5.74, 6) is 0.878. The number of furan rings is 1. The molecule has 1 aromatic heterocycles. The molecule has 24 heavy (non-hydrogen) atoms. The van der Waals surface area contributed by atoms with Crippen molar-refractivity contribution < 1.29 is 18.7 Å². The fraction of sp³-hybridized carbons (Fsp3) is 0.294. The van der Waals surface area contributed by atoms with Crippen LogP contribution in [0.2, 0.25) is 0 Å². The minimum Gasteiger partial charge on any atom is -0.473 e. The van der Waals surface area contributed by atoms with Crippen LogP contribution in [0.4, 0.5) is 4.79 Å². The van der Waals surface area contributed by atoms with Gasteiger partial charge in [-0.3, -0.25) is 4.79 Å². The zero-order valence-electron chi connectivity index (χ0n) is 13.2. The third-order valence-electron chi connectivity index (χ3n) is 3.79. The van der Waals surface area contributed by atoms with Crippen molar-refractivity contribution in [3.05, 3.63) is 54.5 Å². The Bertz CT molecular complexity index is 664. The lowest BCUT2D eigenvalue weighted by Crippen LogP contribution is -2.53. The van der Waals surface area contributed by atoms with Gasteiger partial charge >= 0.3 is 6.03 Å². The molecule has 1 aliphatic heterocycles. The van der Waals surface area contributed by atoms with E-state index in [1.807, 2.05) is 30.3 Å². The van der Waals surface area contributed by atoms with E-state index in [4.69, 9.17) is 9.15 Å². The van der Waals surface area contributed by atoms with Crippen LogP contribution in [0.5, 0.6) is 5.75 Å². The highest BCUT2D eigenvalue weighted by Gasteiger charge is 2.25. The van der Waals surface area contributed by atoms with Crippen molar-refractivity contribution in [2.24, 2.45) is 0 Å². The Morgan fingerprint density at radius 3 is 2.38 bits per heavy atom. The first kappa shape index (κ1) is 15.9. The van der Waals surface area contributed by atoms with Gasteiger partial charge in [0, 0.05) is 26.2 Å². The smallest absolute Gasteiger partial charge is 0.320 e. The van der Waals surface area contributed by atoms with Gasteiger partial charge in [0.25, 0.3) is 5.91 Å². The number of benzene rings is 1. The molecule has 7 heteroatoms. The quantitative estimate of drug-likeness (QED) is 0.868. The summed E-state index contributed by atoms with van der Waals surface area (Å²) in [5, 5.41) is 2.72. The number of ether oxygens (including phenoxy) is 1. The molecule has 1 aliphatic rings. The Balaban J connectivity index is 1.41. The lowest BCUT2D eigenvalue weighted by molar-refractivity contribution is 0.0631. The Morgan fingerprint density at radius 2 is 1.71 bits per heavy atom. The summed E-state index contributed by atoms with van der Waals surface area (Å²) in [5.41, 5.74) is 0. The van der Waals surface area contributed by atoms with E-state index in [1.54, 1.807) is 21.9 Å². The van der Waals surface area contributed by atoms with Gasteiger partial charge in [0.15, 0.2) is 12.5 Å². The Hall–Kier alpha value is -2.96. The Labute approximate surface area is 139 Å². The Morgan fingerprint density at radius 1 is 1.00 bits per heavy atom. The molecule has 1 saturated heterocycles. The summed E-state index contributed by atoms with van der Waals surface area (Å²) in [4.78, 5) is 27.6. The number of amides is 3. The maximum atomic E-state index is 12.2. The lowest BCUT2D eigenvalue weighted by atomic mass is 10.3. The molecule has 2 heterocycles. The molecule has 126 valence electrons. The van der Waals surface area contributed by atoms with Crippen molar-refractivity contribution in [3.63, 3.8) is 0 Å². The summed E-state index contributed by atoms with van der Waals surface area (Å²) in [6, 6.07) is 12.4. The molecule has 0 atom stereocenters. The van der Waals surface area contributed by atoms with Crippen molar-refractivity contribution in [2.75, 3.05) is 32.9 Å². The van der Waals surface area contributed by atoms with Crippen molar-refractivity contribution in [1.82, 2.24) is 15.1 Å². The highest BCUT2D eigenvalue weighted by molar-refractivity contribution is 5.91. The summed E-state index contributed by atoms with van der Waals surface area (Å²) in [7, 11) is 0. The third-order valence-corrected chi connectivity index (χ3v) is 3.79. The molecule has 1 fully saturated rings. The average molecular weight is 329 g/mol. The van der Waals surface area contributed by atoms with Crippen LogP contribution in [-0.2, 0) is 0 Å². The van der Waals surface area contributed by atoms with Gasteiger partial charge in [0.05, 0.1) is 6.26 Å². The first-order valence-electron chi connectivity index (χ1n) is 7.77. The summed E-state index contributed by atoms with van der Waals surface area (Å²) < 4.78 is 10.6. The molecule has 0 spiro atoms. The predicted molar refractivity (Wildman–Crippen MR) is 86.7 cm³/mol. The van der Waals surface area contributed by atoms with E-state index in [9.17, 15) is 9.59 Å². The summed E-state index contributed by atoms with van der Waals surface area (Å²) in [6.45, 7) is 2.01. The second kappa shape index (κ2) is 7.54. The van der Waals surface area contributed by atoms with Crippen LogP contribution in [0, 0.1) is 0 Å². The first-order chi connectivity index (χ1) is 11.7. The minimum absolute atomic E-state index is 0.106. The van der Waals surface area contributed by atoms with Crippen LogP contribution in [0.15, 0.2) is 53.1 Å². The number of nitrogens with one attached hydrogen (secondary N) is 1. The van der Waals surface area contributed by atoms with Gasteiger partial charge in [-0.2, -0.15) is 0 Å². The number of hydrogen-bond donors (Lipinski definition) is 1. The maximum absolute atomic E-state index is 12.2. The van der Waals surface area contributed by atoms with Gasteiger partial charge in [-0.1, -0.05) is 18.2 Å². The fourth-order valence-corrected chi connectivity index (χ4v) is 2.48. The van der Waals surface area contributed by atoms with Gasteiger partial charge in [0.2, 0.25) is 0 Å². The van der Waals surface area contributed by atoms with E-state index in [0.717, 1.165) is 0 Å². The molecule has 2 aromatic rings.